The summed E-state index contributed by atoms with van der Waals surface area (Å²) < 4.78 is 0. The number of aliphatic carboxylic acids is 1. The van der Waals surface area contributed by atoms with Crippen LogP contribution in [0.2, 0.25) is 0 Å². The van der Waals surface area contributed by atoms with Crippen molar-refractivity contribution in [2.24, 2.45) is 0 Å². The maximum Gasteiger partial charge on any atom is 0.303 e. The van der Waals surface area contributed by atoms with Crippen molar-refractivity contribution in [3.63, 3.8) is 0 Å². The quantitative estimate of drug-likeness (QED) is 0.840. The smallest absolute Gasteiger partial charge is 0.303 e. The number of carboxylic acid groups (broad SMARTS) is 1. The molecule has 1 atom stereocenters. The van der Waals surface area contributed by atoms with E-state index in [1.54, 1.807) is 0 Å². The minimum absolute atomic E-state index is 0.336. The summed E-state index contributed by atoms with van der Waals surface area (Å²) in [5.74, 6) is 1.93. The Labute approximate surface area is 108 Å². The summed E-state index contributed by atoms with van der Waals surface area (Å²) in [6.07, 6.45) is 7.57. The Bertz CT molecular complexity index is 254. The van der Waals surface area contributed by atoms with Crippen LogP contribution in [0, 0.1) is 0 Å². The van der Waals surface area contributed by atoms with Gasteiger partial charge in [0.05, 0.1) is 0 Å². The Balaban J connectivity index is 1.88. The van der Waals surface area contributed by atoms with Crippen molar-refractivity contribution in [1.82, 2.24) is 4.90 Å². The number of nitrogens with zero attached hydrogens (tertiary/aromatic N) is 1. The molecule has 3 nitrogen and oxygen atoms in total. The van der Waals surface area contributed by atoms with E-state index in [4.69, 9.17) is 5.11 Å². The van der Waals surface area contributed by atoms with Crippen molar-refractivity contribution in [3.05, 3.63) is 0 Å². The molecule has 0 aromatic heterocycles. The third-order valence-electron chi connectivity index (χ3n) is 4.02. The zero-order valence-corrected chi connectivity index (χ0v) is 11.3. The van der Waals surface area contributed by atoms with Gasteiger partial charge in [0.2, 0.25) is 0 Å². The minimum Gasteiger partial charge on any atom is -0.481 e. The van der Waals surface area contributed by atoms with Crippen LogP contribution in [-0.2, 0) is 4.79 Å². The van der Waals surface area contributed by atoms with Crippen LogP contribution in [0.3, 0.4) is 0 Å². The maximum atomic E-state index is 10.7. The predicted molar refractivity (Wildman–Crippen MR) is 71.6 cm³/mol. The molecule has 17 heavy (non-hydrogen) atoms. The lowest BCUT2D eigenvalue weighted by Crippen LogP contribution is -2.47. The zero-order valence-electron chi connectivity index (χ0n) is 10.4. The van der Waals surface area contributed by atoms with Gasteiger partial charge in [-0.25, -0.2) is 0 Å². The Morgan fingerprint density at radius 1 is 1.24 bits per heavy atom. The van der Waals surface area contributed by atoms with E-state index in [1.807, 2.05) is 0 Å². The highest BCUT2D eigenvalue weighted by Crippen LogP contribution is 2.29. The lowest BCUT2D eigenvalue weighted by atomic mass is 9.94. The van der Waals surface area contributed by atoms with Gasteiger partial charge in [-0.3, -0.25) is 9.69 Å². The molecule has 0 amide bonds. The molecule has 0 aliphatic carbocycles. The first-order valence-corrected chi connectivity index (χ1v) is 7.98. The normalized spacial score (nSPS) is 28.1. The molecular formula is C13H23NO2S. The molecule has 0 aromatic carbocycles. The van der Waals surface area contributed by atoms with Crippen LogP contribution in [0.25, 0.3) is 0 Å². The molecule has 2 saturated heterocycles. The van der Waals surface area contributed by atoms with E-state index in [2.05, 4.69) is 16.7 Å². The highest BCUT2D eigenvalue weighted by molar-refractivity contribution is 7.99. The molecule has 2 heterocycles. The monoisotopic (exact) mass is 257 g/mol. The summed E-state index contributed by atoms with van der Waals surface area (Å²) in [6.45, 7) is 1.19. The largest absolute Gasteiger partial charge is 0.481 e. The van der Waals surface area contributed by atoms with E-state index in [1.165, 1.54) is 50.2 Å². The minimum atomic E-state index is -0.644. The number of hydrogen-bond acceptors (Lipinski definition) is 3. The molecule has 0 saturated carbocycles. The zero-order chi connectivity index (χ0) is 12.1. The van der Waals surface area contributed by atoms with Crippen LogP contribution in [0.1, 0.15) is 44.9 Å². The summed E-state index contributed by atoms with van der Waals surface area (Å²) in [6, 6.07) is 1.27. The summed E-state index contributed by atoms with van der Waals surface area (Å²) in [5, 5.41) is 8.82. The molecule has 1 N–H and O–H groups in total. The number of thioether (sulfide) groups is 1. The second-order valence-electron chi connectivity index (χ2n) is 5.16. The molecule has 0 spiro atoms. The SMILES string of the molecule is O=C(O)CCC1CCCCN1C1CCSCC1. The average molecular weight is 257 g/mol. The van der Waals surface area contributed by atoms with Gasteiger partial charge in [-0.1, -0.05) is 6.42 Å². The molecule has 2 rings (SSSR count). The van der Waals surface area contributed by atoms with Gasteiger partial charge in [-0.15, -0.1) is 0 Å². The summed E-state index contributed by atoms with van der Waals surface area (Å²) in [7, 11) is 0. The average Bonchev–Trinajstić information content (AvgIpc) is 2.38. The predicted octanol–water partition coefficient (Wildman–Crippen LogP) is 2.60. The first-order chi connectivity index (χ1) is 8.27. The van der Waals surface area contributed by atoms with Crippen LogP contribution in [-0.4, -0.2) is 46.1 Å². The molecule has 0 aromatic rings. The van der Waals surface area contributed by atoms with Crippen molar-refractivity contribution in [2.75, 3.05) is 18.1 Å². The Morgan fingerprint density at radius 2 is 2.00 bits per heavy atom. The van der Waals surface area contributed by atoms with E-state index in [0.29, 0.717) is 12.5 Å². The van der Waals surface area contributed by atoms with Crippen molar-refractivity contribution in [1.29, 1.82) is 0 Å². The molecule has 4 heteroatoms. The Morgan fingerprint density at radius 3 is 2.71 bits per heavy atom. The third kappa shape index (κ3) is 3.88. The lowest BCUT2D eigenvalue weighted by molar-refractivity contribution is -0.137. The van der Waals surface area contributed by atoms with Crippen LogP contribution in [0.5, 0.6) is 0 Å². The highest BCUT2D eigenvalue weighted by Gasteiger charge is 2.29. The topological polar surface area (TPSA) is 40.5 Å². The second-order valence-corrected chi connectivity index (χ2v) is 6.39. The fourth-order valence-corrected chi connectivity index (χ4v) is 4.20. The van der Waals surface area contributed by atoms with E-state index in [-0.39, 0.29) is 0 Å². The highest BCUT2D eigenvalue weighted by atomic mass is 32.2. The fourth-order valence-electron chi connectivity index (χ4n) is 3.12. The second kappa shape index (κ2) is 6.64. The molecular weight excluding hydrogens is 234 g/mol. The molecule has 2 aliphatic heterocycles. The molecule has 1 unspecified atom stereocenters. The van der Waals surface area contributed by atoms with Crippen molar-refractivity contribution in [3.8, 4) is 0 Å². The Kier molecular flexibility index (Phi) is 5.16. The first-order valence-electron chi connectivity index (χ1n) is 6.82. The number of hydrogen-bond donors (Lipinski definition) is 1. The van der Waals surface area contributed by atoms with Gasteiger partial charge in [-0.05, 0) is 50.2 Å². The third-order valence-corrected chi connectivity index (χ3v) is 5.07. The Hall–Kier alpha value is -0.220. The summed E-state index contributed by atoms with van der Waals surface area (Å²) in [4.78, 5) is 13.3. The maximum absolute atomic E-state index is 10.7. The molecule has 0 bridgehead atoms. The van der Waals surface area contributed by atoms with Gasteiger partial charge in [0.15, 0.2) is 0 Å². The first kappa shape index (κ1) is 13.2. The number of carboxylic acids is 1. The van der Waals surface area contributed by atoms with Crippen LogP contribution >= 0.6 is 11.8 Å². The van der Waals surface area contributed by atoms with Crippen molar-refractivity contribution >= 4 is 17.7 Å². The molecule has 0 radical (unpaired) electrons. The number of carbonyl (C=O) groups is 1. The van der Waals surface area contributed by atoms with Gasteiger partial charge in [-0.2, -0.15) is 11.8 Å². The van der Waals surface area contributed by atoms with Crippen LogP contribution < -0.4 is 0 Å². The van der Waals surface area contributed by atoms with E-state index in [0.717, 1.165) is 12.5 Å². The number of likely N-dealkylation sites (tertiary alicyclic amines) is 1. The van der Waals surface area contributed by atoms with E-state index < -0.39 is 5.97 Å². The standard InChI is InChI=1S/C13H23NO2S/c15-13(16)5-4-11-3-1-2-8-14(11)12-6-9-17-10-7-12/h11-12H,1-10H2,(H,15,16). The number of rotatable bonds is 4. The van der Waals surface area contributed by atoms with Gasteiger partial charge in [0, 0.05) is 18.5 Å². The van der Waals surface area contributed by atoms with Crippen molar-refractivity contribution < 1.29 is 9.90 Å². The lowest BCUT2D eigenvalue weighted by Gasteiger charge is -2.42. The van der Waals surface area contributed by atoms with Gasteiger partial charge in [0.25, 0.3) is 0 Å². The fraction of sp³-hybridized carbons (Fsp3) is 0.923. The molecule has 2 fully saturated rings. The van der Waals surface area contributed by atoms with Gasteiger partial charge >= 0.3 is 5.97 Å². The van der Waals surface area contributed by atoms with Crippen molar-refractivity contribution in [2.45, 2.75) is 57.0 Å². The summed E-state index contributed by atoms with van der Waals surface area (Å²) >= 11 is 2.06. The van der Waals surface area contributed by atoms with Gasteiger partial charge in [0.1, 0.15) is 0 Å². The van der Waals surface area contributed by atoms with Crippen LogP contribution in [0.4, 0.5) is 0 Å². The van der Waals surface area contributed by atoms with Crippen LogP contribution in [0.15, 0.2) is 0 Å². The van der Waals surface area contributed by atoms with E-state index >= 15 is 0 Å². The molecule has 2 aliphatic rings. The molecule has 98 valence electrons. The summed E-state index contributed by atoms with van der Waals surface area (Å²) in [5.41, 5.74) is 0. The van der Waals surface area contributed by atoms with Gasteiger partial charge < -0.3 is 5.11 Å². The van der Waals surface area contributed by atoms with E-state index in [9.17, 15) is 4.79 Å². The number of piperidine rings is 1.